The van der Waals surface area contributed by atoms with Gasteiger partial charge in [-0.3, -0.25) is 0 Å². The van der Waals surface area contributed by atoms with Gasteiger partial charge in [0.15, 0.2) is 5.58 Å². The van der Waals surface area contributed by atoms with Crippen LogP contribution < -0.4 is 5.73 Å². The Hall–Kier alpha value is -2.27. The van der Waals surface area contributed by atoms with E-state index < -0.39 is 0 Å². The lowest BCUT2D eigenvalue weighted by atomic mass is 10.2. The summed E-state index contributed by atoms with van der Waals surface area (Å²) in [6.45, 7) is 0.583. The highest BCUT2D eigenvalue weighted by atomic mass is 79.9. The maximum absolute atomic E-state index is 5.92. The largest absolute Gasteiger partial charge is 0.439 e. The second-order valence-electron chi connectivity index (χ2n) is 4.95. The molecule has 0 unspecified atom stereocenters. The van der Waals surface area contributed by atoms with E-state index in [1.165, 1.54) is 5.39 Å². The van der Waals surface area contributed by atoms with Crippen molar-refractivity contribution in [2.24, 2.45) is 0 Å². The molecule has 4 rings (SSSR count). The minimum Gasteiger partial charge on any atom is -0.439 e. The maximum Gasteiger partial charge on any atom is 0.215 e. The molecule has 104 valence electrons. The summed E-state index contributed by atoms with van der Waals surface area (Å²) in [5.41, 5.74) is 9.16. The summed E-state index contributed by atoms with van der Waals surface area (Å²) < 4.78 is 8.96. The fourth-order valence-corrected chi connectivity index (χ4v) is 2.92. The number of aromatic nitrogens is 2. The molecular formula is C16H12BrN3O. The summed E-state index contributed by atoms with van der Waals surface area (Å²) in [4.78, 5) is 4.49. The molecule has 2 aromatic heterocycles. The first-order valence-corrected chi connectivity index (χ1v) is 7.38. The van der Waals surface area contributed by atoms with E-state index in [4.69, 9.17) is 10.2 Å². The van der Waals surface area contributed by atoms with E-state index >= 15 is 0 Å². The van der Waals surface area contributed by atoms with Crippen LogP contribution in [0.5, 0.6) is 0 Å². The minimum absolute atomic E-state index is 0.583. The highest BCUT2D eigenvalue weighted by Gasteiger charge is 2.10. The van der Waals surface area contributed by atoms with Crippen molar-refractivity contribution < 1.29 is 4.42 Å². The summed E-state index contributed by atoms with van der Waals surface area (Å²) in [6, 6.07) is 13.9. The highest BCUT2D eigenvalue weighted by molar-refractivity contribution is 9.10. The SMILES string of the molecule is Nc1cccc2oc(Cn3ccc4cc(Br)ccc43)nc12. The lowest BCUT2D eigenvalue weighted by molar-refractivity contribution is 0.513. The molecule has 0 aliphatic heterocycles. The predicted octanol–water partition coefficient (Wildman–Crippen LogP) is 4.18. The summed E-state index contributed by atoms with van der Waals surface area (Å²) in [7, 11) is 0. The Kier molecular flexibility index (Phi) is 2.75. The molecule has 0 aliphatic rings. The average molecular weight is 342 g/mol. The van der Waals surface area contributed by atoms with Gasteiger partial charge in [-0.1, -0.05) is 22.0 Å². The van der Waals surface area contributed by atoms with Crippen molar-refractivity contribution in [3.63, 3.8) is 0 Å². The lowest BCUT2D eigenvalue weighted by Crippen LogP contribution is -1.97. The van der Waals surface area contributed by atoms with E-state index in [9.17, 15) is 0 Å². The van der Waals surface area contributed by atoms with Crippen molar-refractivity contribution in [1.82, 2.24) is 9.55 Å². The van der Waals surface area contributed by atoms with E-state index in [-0.39, 0.29) is 0 Å². The first-order valence-electron chi connectivity index (χ1n) is 6.59. The van der Waals surface area contributed by atoms with Crippen LogP contribution >= 0.6 is 15.9 Å². The average Bonchev–Trinajstić information content (AvgIpc) is 3.04. The van der Waals surface area contributed by atoms with Gasteiger partial charge in [-0.05, 0) is 36.4 Å². The zero-order valence-corrected chi connectivity index (χ0v) is 12.7. The van der Waals surface area contributed by atoms with Crippen LogP contribution in [-0.4, -0.2) is 9.55 Å². The number of fused-ring (bicyclic) bond motifs is 2. The van der Waals surface area contributed by atoms with Gasteiger partial charge in [-0.2, -0.15) is 0 Å². The van der Waals surface area contributed by atoms with Crippen LogP contribution in [0, 0.1) is 0 Å². The van der Waals surface area contributed by atoms with Crippen LogP contribution in [0.3, 0.4) is 0 Å². The number of anilines is 1. The third-order valence-corrected chi connectivity index (χ3v) is 4.03. The van der Waals surface area contributed by atoms with Gasteiger partial charge in [0.1, 0.15) is 5.52 Å². The third kappa shape index (κ3) is 2.10. The van der Waals surface area contributed by atoms with Gasteiger partial charge >= 0.3 is 0 Å². The number of para-hydroxylation sites is 1. The first kappa shape index (κ1) is 12.5. The molecule has 2 aromatic carbocycles. The molecule has 0 atom stereocenters. The monoisotopic (exact) mass is 341 g/mol. The van der Waals surface area contributed by atoms with Gasteiger partial charge in [0.25, 0.3) is 0 Å². The van der Waals surface area contributed by atoms with Crippen molar-refractivity contribution in [1.29, 1.82) is 0 Å². The van der Waals surface area contributed by atoms with Crippen LogP contribution in [0.2, 0.25) is 0 Å². The minimum atomic E-state index is 0.583. The fourth-order valence-electron chi connectivity index (χ4n) is 2.54. The fraction of sp³-hybridized carbons (Fsp3) is 0.0625. The van der Waals surface area contributed by atoms with E-state index in [2.05, 4.69) is 43.7 Å². The molecule has 21 heavy (non-hydrogen) atoms. The molecule has 0 spiro atoms. The lowest BCUT2D eigenvalue weighted by Gasteiger charge is -2.02. The van der Waals surface area contributed by atoms with Crippen LogP contribution in [0.1, 0.15) is 5.89 Å². The van der Waals surface area contributed by atoms with E-state index in [1.807, 2.05) is 30.5 Å². The van der Waals surface area contributed by atoms with Gasteiger partial charge in [0.2, 0.25) is 5.89 Å². The highest BCUT2D eigenvalue weighted by Crippen LogP contribution is 2.24. The van der Waals surface area contributed by atoms with Crippen molar-refractivity contribution >= 4 is 43.6 Å². The van der Waals surface area contributed by atoms with E-state index in [0.717, 1.165) is 21.1 Å². The predicted molar refractivity (Wildman–Crippen MR) is 87.2 cm³/mol. The number of nitrogens with two attached hydrogens (primary N) is 1. The van der Waals surface area contributed by atoms with Crippen LogP contribution in [0.4, 0.5) is 5.69 Å². The molecule has 4 nitrogen and oxygen atoms in total. The quantitative estimate of drug-likeness (QED) is 0.556. The smallest absolute Gasteiger partial charge is 0.215 e. The number of benzene rings is 2. The van der Waals surface area contributed by atoms with Crippen LogP contribution in [0.15, 0.2) is 57.6 Å². The first-order chi connectivity index (χ1) is 10.2. The van der Waals surface area contributed by atoms with Gasteiger partial charge in [0.05, 0.1) is 12.2 Å². The summed E-state index contributed by atoms with van der Waals surface area (Å²) in [6.07, 6.45) is 2.04. The maximum atomic E-state index is 5.92. The third-order valence-electron chi connectivity index (χ3n) is 3.53. The molecule has 5 heteroatoms. The molecule has 0 bridgehead atoms. The molecule has 0 saturated heterocycles. The number of hydrogen-bond donors (Lipinski definition) is 1. The topological polar surface area (TPSA) is 57.0 Å². The second-order valence-corrected chi connectivity index (χ2v) is 5.86. The number of oxazole rings is 1. The summed E-state index contributed by atoms with van der Waals surface area (Å²) in [5.74, 6) is 0.656. The van der Waals surface area contributed by atoms with Crippen LogP contribution in [0.25, 0.3) is 22.0 Å². The Bertz CT molecular complexity index is 955. The molecule has 0 fully saturated rings. The zero-order chi connectivity index (χ0) is 14.4. The van der Waals surface area contributed by atoms with E-state index in [1.54, 1.807) is 0 Å². The molecule has 0 amide bonds. The van der Waals surface area contributed by atoms with Gasteiger partial charge in [-0.15, -0.1) is 0 Å². The Morgan fingerprint density at radius 1 is 1.19 bits per heavy atom. The molecule has 2 N–H and O–H groups in total. The molecule has 0 radical (unpaired) electrons. The van der Waals surface area contributed by atoms with Crippen molar-refractivity contribution in [2.45, 2.75) is 6.54 Å². The molecular weight excluding hydrogens is 330 g/mol. The van der Waals surface area contributed by atoms with Crippen LogP contribution in [-0.2, 0) is 6.54 Å². The number of rotatable bonds is 2. The molecule has 0 saturated carbocycles. The molecule has 0 aliphatic carbocycles. The summed E-state index contributed by atoms with van der Waals surface area (Å²) in [5, 5.41) is 1.18. The molecule has 4 aromatic rings. The van der Waals surface area contributed by atoms with E-state index in [0.29, 0.717) is 18.1 Å². The standard InChI is InChI=1S/C16H12BrN3O/c17-11-4-5-13-10(8-11)6-7-20(13)9-15-19-16-12(18)2-1-3-14(16)21-15/h1-8H,9,18H2. The van der Waals surface area contributed by atoms with Crippen molar-refractivity contribution in [2.75, 3.05) is 5.73 Å². The van der Waals surface area contributed by atoms with Crippen molar-refractivity contribution in [3.8, 4) is 0 Å². The Morgan fingerprint density at radius 2 is 2.10 bits per heavy atom. The molecule has 2 heterocycles. The van der Waals surface area contributed by atoms with Gasteiger partial charge < -0.3 is 14.7 Å². The van der Waals surface area contributed by atoms with Crippen molar-refractivity contribution in [3.05, 3.63) is 59.0 Å². The summed E-state index contributed by atoms with van der Waals surface area (Å²) >= 11 is 3.49. The number of hydrogen-bond acceptors (Lipinski definition) is 3. The van der Waals surface area contributed by atoms with Gasteiger partial charge in [0, 0.05) is 21.6 Å². The zero-order valence-electron chi connectivity index (χ0n) is 11.1. The van der Waals surface area contributed by atoms with Gasteiger partial charge in [-0.25, -0.2) is 4.98 Å². The Labute approximate surface area is 129 Å². The number of halogens is 1. The normalized spacial score (nSPS) is 11.5. The number of nitrogens with zero attached hydrogens (tertiary/aromatic N) is 2. The Balaban J connectivity index is 1.77. The Morgan fingerprint density at radius 3 is 2.95 bits per heavy atom. The number of nitrogen functional groups attached to an aromatic ring is 1. The second kappa shape index (κ2) is 4.63.